The number of hydrogen-bond acceptors (Lipinski definition) is 2. The minimum atomic E-state index is -2.87. The molecule has 4 aromatic rings. The van der Waals surface area contributed by atoms with Crippen molar-refractivity contribution in [1.82, 2.24) is 4.90 Å². The zero-order valence-corrected chi connectivity index (χ0v) is 29.2. The van der Waals surface area contributed by atoms with Crippen molar-refractivity contribution in [2.45, 2.75) is 70.1 Å². The molecule has 1 aliphatic carbocycles. The van der Waals surface area contributed by atoms with E-state index in [9.17, 15) is 4.79 Å². The van der Waals surface area contributed by atoms with E-state index in [2.05, 4.69) is 155 Å². The van der Waals surface area contributed by atoms with Crippen LogP contribution >= 0.6 is 0 Å². The van der Waals surface area contributed by atoms with Crippen LogP contribution in [0.5, 0.6) is 0 Å². The third kappa shape index (κ3) is 6.53. The van der Waals surface area contributed by atoms with Gasteiger partial charge in [-0.3, -0.25) is 4.90 Å². The molecule has 0 saturated heterocycles. The summed E-state index contributed by atoms with van der Waals surface area (Å²) in [6, 6.07) is 43.5. The number of ether oxygens (including phenoxy) is 1. The summed E-state index contributed by atoms with van der Waals surface area (Å²) in [5, 5.41) is 3.88. The monoisotopic (exact) mass is 639 g/mol. The summed E-state index contributed by atoms with van der Waals surface area (Å²) in [5.74, 6) is 1.01. The van der Waals surface area contributed by atoms with Crippen molar-refractivity contribution in [2.24, 2.45) is 17.8 Å². The number of carbonyl (C=O) groups excluding carboxylic acids is 1. The average Bonchev–Trinajstić information content (AvgIpc) is 3.11. The van der Waals surface area contributed by atoms with E-state index in [1.807, 2.05) is 17.2 Å². The van der Waals surface area contributed by atoms with Crippen LogP contribution in [0.1, 0.15) is 58.4 Å². The Kier molecular flexibility index (Phi) is 9.98. The van der Waals surface area contributed by atoms with E-state index in [0.717, 1.165) is 32.1 Å². The third-order valence-electron chi connectivity index (χ3n) is 11.0. The predicted octanol–water partition coefficient (Wildman–Crippen LogP) is 8.40. The van der Waals surface area contributed by atoms with Crippen LogP contribution in [0.2, 0.25) is 0 Å². The number of allylic oxidation sites excluding steroid dienone is 2. The summed E-state index contributed by atoms with van der Waals surface area (Å²) in [4.78, 5) is 16.8. The van der Waals surface area contributed by atoms with Crippen molar-refractivity contribution in [2.75, 3.05) is 0 Å². The van der Waals surface area contributed by atoms with Crippen LogP contribution in [-0.4, -0.2) is 30.8 Å². The second kappa shape index (κ2) is 14.3. The summed E-state index contributed by atoms with van der Waals surface area (Å²) in [5.41, 5.74) is 1.07. The van der Waals surface area contributed by atoms with Crippen LogP contribution in [0.4, 0.5) is 4.79 Å². The van der Waals surface area contributed by atoms with E-state index < -0.39 is 8.07 Å². The van der Waals surface area contributed by atoms with Crippen molar-refractivity contribution in [3.63, 3.8) is 0 Å². The highest BCUT2D eigenvalue weighted by atomic mass is 28.3. The van der Waals surface area contributed by atoms with Gasteiger partial charge >= 0.3 is 6.09 Å². The van der Waals surface area contributed by atoms with E-state index in [0.29, 0.717) is 5.92 Å². The lowest BCUT2D eigenvalue weighted by Gasteiger charge is -2.48. The van der Waals surface area contributed by atoms with Crippen LogP contribution in [0.3, 0.4) is 0 Å². The SMILES string of the molecule is C=CC[C@@H]1C=CN(C(=O)O[C@@H]2C[C@H](C)CC[C@H]2C(C)(C)c2ccccc2)[C@@H]([Si](c2ccccc2)(c2ccccc2)c2ccccc2)C1. The molecule has 0 N–H and O–H groups in total. The van der Waals surface area contributed by atoms with Crippen molar-refractivity contribution >= 4 is 29.7 Å². The lowest BCUT2D eigenvalue weighted by atomic mass is 9.64. The maximum absolute atomic E-state index is 14.9. The third-order valence-corrected chi connectivity index (χ3v) is 16.2. The molecular formula is C43H49NO2Si. The van der Waals surface area contributed by atoms with Gasteiger partial charge in [-0.05, 0) is 64.1 Å². The Morgan fingerprint density at radius 1 is 0.809 bits per heavy atom. The molecular weight excluding hydrogens is 591 g/mol. The lowest BCUT2D eigenvalue weighted by Crippen LogP contribution is -2.78. The van der Waals surface area contributed by atoms with Gasteiger partial charge in [0.15, 0.2) is 8.07 Å². The fraction of sp³-hybridized carbons (Fsp3) is 0.326. The highest BCUT2D eigenvalue weighted by Gasteiger charge is 2.52. The number of rotatable bonds is 9. The largest absolute Gasteiger partial charge is 0.446 e. The number of amides is 1. The van der Waals surface area contributed by atoms with Crippen molar-refractivity contribution in [3.8, 4) is 0 Å². The molecule has 0 bridgehead atoms. The lowest BCUT2D eigenvalue weighted by molar-refractivity contribution is -0.0159. The molecule has 2 aliphatic rings. The number of benzene rings is 4. The van der Waals surface area contributed by atoms with Gasteiger partial charge in [0.25, 0.3) is 0 Å². The molecule has 0 aromatic heterocycles. The van der Waals surface area contributed by atoms with Crippen LogP contribution in [0.15, 0.2) is 146 Å². The molecule has 4 aromatic carbocycles. The first kappa shape index (κ1) is 32.8. The quantitative estimate of drug-likeness (QED) is 0.105. The van der Waals surface area contributed by atoms with Gasteiger partial charge in [0.2, 0.25) is 0 Å². The summed E-state index contributed by atoms with van der Waals surface area (Å²) >= 11 is 0. The fourth-order valence-electron chi connectivity index (χ4n) is 8.50. The van der Waals surface area contributed by atoms with E-state index in [1.54, 1.807) is 0 Å². The van der Waals surface area contributed by atoms with Crippen LogP contribution in [0, 0.1) is 17.8 Å². The number of nitrogens with zero attached hydrogens (tertiary/aromatic N) is 1. The normalized spacial score (nSPS) is 23.2. The van der Waals surface area contributed by atoms with Gasteiger partial charge in [-0.25, -0.2) is 4.79 Å². The molecule has 6 rings (SSSR count). The molecule has 1 saturated carbocycles. The number of hydrogen-bond donors (Lipinski definition) is 0. The Balaban J connectivity index is 1.46. The molecule has 0 unspecified atom stereocenters. The van der Waals surface area contributed by atoms with Gasteiger partial charge in [-0.1, -0.05) is 161 Å². The molecule has 1 aliphatic heterocycles. The first-order valence-electron chi connectivity index (χ1n) is 17.4. The van der Waals surface area contributed by atoms with Gasteiger partial charge in [-0.15, -0.1) is 6.58 Å². The molecule has 0 radical (unpaired) electrons. The molecule has 47 heavy (non-hydrogen) atoms. The summed E-state index contributed by atoms with van der Waals surface area (Å²) < 4.78 is 6.79. The van der Waals surface area contributed by atoms with Crippen LogP contribution in [0.25, 0.3) is 0 Å². The summed E-state index contributed by atoms with van der Waals surface area (Å²) in [7, 11) is -2.87. The summed E-state index contributed by atoms with van der Waals surface area (Å²) in [6.07, 6.45) is 10.6. The molecule has 242 valence electrons. The second-order valence-corrected chi connectivity index (χ2v) is 18.2. The second-order valence-electron chi connectivity index (χ2n) is 14.2. The Labute approximate surface area is 283 Å². The van der Waals surface area contributed by atoms with Gasteiger partial charge in [-0.2, -0.15) is 0 Å². The summed E-state index contributed by atoms with van der Waals surface area (Å²) in [6.45, 7) is 11.0. The maximum atomic E-state index is 14.9. The Hall–Kier alpha value is -4.15. The molecule has 1 fully saturated rings. The maximum Gasteiger partial charge on any atom is 0.414 e. The van der Waals surface area contributed by atoms with E-state index in [4.69, 9.17) is 4.74 Å². The van der Waals surface area contributed by atoms with Crippen molar-refractivity contribution in [1.29, 1.82) is 0 Å². The highest BCUT2D eigenvalue weighted by Crippen LogP contribution is 2.44. The molecule has 0 spiro atoms. The molecule has 5 atom stereocenters. The van der Waals surface area contributed by atoms with Gasteiger partial charge in [0, 0.05) is 17.8 Å². The van der Waals surface area contributed by atoms with Gasteiger partial charge in [0.1, 0.15) is 6.10 Å². The zero-order valence-electron chi connectivity index (χ0n) is 28.2. The molecule has 1 amide bonds. The minimum Gasteiger partial charge on any atom is -0.446 e. The average molecular weight is 640 g/mol. The Bertz CT molecular complexity index is 1540. The van der Waals surface area contributed by atoms with E-state index in [1.165, 1.54) is 21.1 Å². The standard InChI is InChI=1S/C43H49NO2Si/c1-5-18-34-29-30-44(42(45)46-40-31-33(2)27-28-39(40)43(3,4)35-19-10-6-11-20-35)41(32-34)47(36-21-12-7-13-22-36,37-23-14-8-15-24-37)38-25-16-9-17-26-38/h5-17,19-26,29-30,33-34,39-41H,1,18,27-28,31-32H2,2-4H3/t33-,34-,39-,40-,41+/m1/s1. The highest BCUT2D eigenvalue weighted by molar-refractivity contribution is 7.12. The van der Waals surface area contributed by atoms with Crippen LogP contribution in [-0.2, 0) is 10.2 Å². The van der Waals surface area contributed by atoms with E-state index in [-0.39, 0.29) is 35.1 Å². The van der Waals surface area contributed by atoms with Gasteiger partial charge in [0.05, 0.1) is 0 Å². The Morgan fingerprint density at radius 2 is 1.32 bits per heavy atom. The topological polar surface area (TPSA) is 29.5 Å². The fourth-order valence-corrected chi connectivity index (χ4v) is 14.1. The van der Waals surface area contributed by atoms with Crippen molar-refractivity contribution < 1.29 is 9.53 Å². The van der Waals surface area contributed by atoms with Crippen molar-refractivity contribution in [3.05, 3.63) is 152 Å². The van der Waals surface area contributed by atoms with Gasteiger partial charge < -0.3 is 4.74 Å². The number of carbonyl (C=O) groups is 1. The molecule has 4 heteroatoms. The van der Waals surface area contributed by atoms with E-state index >= 15 is 0 Å². The predicted molar refractivity (Wildman–Crippen MR) is 198 cm³/mol. The first-order chi connectivity index (χ1) is 22.9. The minimum absolute atomic E-state index is 0.0984. The molecule has 3 nitrogen and oxygen atoms in total. The Morgan fingerprint density at radius 3 is 1.83 bits per heavy atom. The first-order valence-corrected chi connectivity index (χ1v) is 19.4. The smallest absolute Gasteiger partial charge is 0.414 e. The van der Waals surface area contributed by atoms with Crippen LogP contribution < -0.4 is 15.6 Å². The molecule has 1 heterocycles. The zero-order chi connectivity index (χ0) is 32.9.